The van der Waals surface area contributed by atoms with E-state index in [4.69, 9.17) is 9.47 Å². The van der Waals surface area contributed by atoms with Gasteiger partial charge in [-0.15, -0.1) is 0 Å². The zero-order valence-electron chi connectivity index (χ0n) is 16.6. The number of hydrogen-bond acceptors (Lipinski definition) is 6. The van der Waals surface area contributed by atoms with Crippen LogP contribution < -0.4 is 0 Å². The number of H-pyrrole nitrogens is 1. The number of nitrogens with one attached hydrogen (secondary N) is 1. The van der Waals surface area contributed by atoms with E-state index in [-0.39, 0.29) is 5.69 Å². The van der Waals surface area contributed by atoms with Crippen molar-refractivity contribution in [2.45, 2.75) is 26.9 Å². The predicted octanol–water partition coefficient (Wildman–Crippen LogP) is 3.03. The molecule has 0 aliphatic rings. The molecule has 0 saturated heterocycles. The fourth-order valence-electron chi connectivity index (χ4n) is 3.06. The normalized spacial score (nSPS) is 11.7. The van der Waals surface area contributed by atoms with Crippen molar-refractivity contribution in [2.75, 3.05) is 7.11 Å². The maximum absolute atomic E-state index is 12.7. The molecule has 0 aliphatic heterocycles. The van der Waals surface area contributed by atoms with Crippen LogP contribution in [-0.4, -0.2) is 45.7 Å². The fourth-order valence-corrected chi connectivity index (χ4v) is 3.06. The van der Waals surface area contributed by atoms with Gasteiger partial charge in [-0.2, -0.15) is 5.10 Å². The van der Waals surface area contributed by atoms with Gasteiger partial charge in [0.05, 0.1) is 29.6 Å². The maximum atomic E-state index is 12.7. The zero-order valence-corrected chi connectivity index (χ0v) is 16.6. The molecule has 8 nitrogen and oxygen atoms in total. The third-order valence-corrected chi connectivity index (χ3v) is 4.60. The molecule has 0 bridgehead atoms. The lowest BCUT2D eigenvalue weighted by atomic mass is 10.1. The van der Waals surface area contributed by atoms with Crippen molar-refractivity contribution in [2.24, 2.45) is 0 Å². The van der Waals surface area contributed by atoms with Crippen LogP contribution >= 0.6 is 0 Å². The standard InChI is InChI=1S/C21H21N3O5/c1-12-17(21(27)28-4)13(2)23-18(12)19(25)14(3)29-20(26)15-6-8-16(9-7-15)24-11-5-10-22-24/h5-11,14,23H,1-4H3. The molecule has 8 heteroatoms. The van der Waals surface area contributed by atoms with E-state index in [0.717, 1.165) is 5.69 Å². The number of aromatic amines is 1. The molecule has 2 aromatic heterocycles. The Hall–Kier alpha value is -3.68. The Morgan fingerprint density at radius 1 is 1.10 bits per heavy atom. The topological polar surface area (TPSA) is 103 Å². The van der Waals surface area contributed by atoms with Crippen LogP contribution in [0.4, 0.5) is 0 Å². The minimum Gasteiger partial charge on any atom is -0.465 e. The number of carbonyl (C=O) groups is 3. The Labute approximate surface area is 167 Å². The van der Waals surface area contributed by atoms with Crippen molar-refractivity contribution < 1.29 is 23.9 Å². The first-order chi connectivity index (χ1) is 13.8. The van der Waals surface area contributed by atoms with Crippen LogP contribution in [0, 0.1) is 13.8 Å². The summed E-state index contributed by atoms with van der Waals surface area (Å²) in [7, 11) is 1.28. The number of esters is 2. The average Bonchev–Trinajstić information content (AvgIpc) is 3.35. The van der Waals surface area contributed by atoms with Gasteiger partial charge in [-0.05, 0) is 56.7 Å². The van der Waals surface area contributed by atoms with Gasteiger partial charge in [-0.1, -0.05) is 0 Å². The molecule has 0 fully saturated rings. The summed E-state index contributed by atoms with van der Waals surface area (Å²) in [5.41, 5.74) is 2.62. The van der Waals surface area contributed by atoms with Crippen LogP contribution in [0.3, 0.4) is 0 Å². The van der Waals surface area contributed by atoms with Gasteiger partial charge in [0, 0.05) is 18.1 Å². The third kappa shape index (κ3) is 3.96. The highest BCUT2D eigenvalue weighted by Gasteiger charge is 2.27. The first-order valence-corrected chi connectivity index (χ1v) is 8.96. The SMILES string of the molecule is COC(=O)c1c(C)[nH]c(C(=O)C(C)OC(=O)c2ccc(-n3cccn3)cc2)c1C. The zero-order chi connectivity index (χ0) is 21.1. The lowest BCUT2D eigenvalue weighted by Crippen LogP contribution is -2.25. The summed E-state index contributed by atoms with van der Waals surface area (Å²) >= 11 is 0. The second-order valence-corrected chi connectivity index (χ2v) is 6.53. The summed E-state index contributed by atoms with van der Waals surface area (Å²) in [6.45, 7) is 4.81. The lowest BCUT2D eigenvalue weighted by Gasteiger charge is -2.12. The Morgan fingerprint density at radius 3 is 2.38 bits per heavy atom. The van der Waals surface area contributed by atoms with Crippen LogP contribution in [0.5, 0.6) is 0 Å². The van der Waals surface area contributed by atoms with Crippen LogP contribution in [0.2, 0.25) is 0 Å². The van der Waals surface area contributed by atoms with E-state index < -0.39 is 23.8 Å². The van der Waals surface area contributed by atoms with Gasteiger partial charge < -0.3 is 14.5 Å². The predicted molar refractivity (Wildman–Crippen MR) is 104 cm³/mol. The summed E-state index contributed by atoms with van der Waals surface area (Å²) in [4.78, 5) is 40.0. The van der Waals surface area contributed by atoms with E-state index in [2.05, 4.69) is 10.1 Å². The first kappa shape index (κ1) is 20.1. The number of carbonyl (C=O) groups excluding carboxylic acids is 3. The molecule has 3 rings (SSSR count). The summed E-state index contributed by atoms with van der Waals surface area (Å²) in [6, 6.07) is 8.48. The summed E-state index contributed by atoms with van der Waals surface area (Å²) in [5, 5.41) is 4.12. The smallest absolute Gasteiger partial charge is 0.339 e. The van der Waals surface area contributed by atoms with Gasteiger partial charge in [0.2, 0.25) is 5.78 Å². The van der Waals surface area contributed by atoms with Crippen molar-refractivity contribution >= 4 is 17.7 Å². The molecule has 150 valence electrons. The number of methoxy groups -OCH3 is 1. The van der Waals surface area contributed by atoms with Gasteiger partial charge in [0.25, 0.3) is 0 Å². The van der Waals surface area contributed by atoms with Crippen molar-refractivity contribution in [1.82, 2.24) is 14.8 Å². The number of aromatic nitrogens is 3. The molecule has 3 aromatic rings. The molecule has 1 aromatic carbocycles. The lowest BCUT2D eigenvalue weighted by molar-refractivity contribution is 0.0316. The third-order valence-electron chi connectivity index (χ3n) is 4.60. The van der Waals surface area contributed by atoms with E-state index in [9.17, 15) is 14.4 Å². The van der Waals surface area contributed by atoms with Crippen molar-refractivity contribution in [3.8, 4) is 5.69 Å². The van der Waals surface area contributed by atoms with Gasteiger partial charge in [0.1, 0.15) is 0 Å². The maximum Gasteiger partial charge on any atom is 0.339 e. The Morgan fingerprint density at radius 2 is 1.79 bits per heavy atom. The van der Waals surface area contributed by atoms with Gasteiger partial charge in [0.15, 0.2) is 6.10 Å². The largest absolute Gasteiger partial charge is 0.465 e. The number of nitrogens with zero attached hydrogens (tertiary/aromatic N) is 2. The van der Waals surface area contributed by atoms with Crippen molar-refractivity contribution in [1.29, 1.82) is 0 Å². The Balaban J connectivity index is 1.73. The quantitative estimate of drug-likeness (QED) is 0.508. The number of ketones is 1. The minimum absolute atomic E-state index is 0.220. The van der Waals surface area contributed by atoms with E-state index >= 15 is 0 Å². The number of hydrogen-bond donors (Lipinski definition) is 1. The highest BCUT2D eigenvalue weighted by Crippen LogP contribution is 2.21. The molecular weight excluding hydrogens is 374 g/mol. The molecule has 1 atom stereocenters. The van der Waals surface area contributed by atoms with Gasteiger partial charge >= 0.3 is 11.9 Å². The fraction of sp³-hybridized carbons (Fsp3) is 0.238. The first-order valence-electron chi connectivity index (χ1n) is 8.96. The van der Waals surface area contributed by atoms with Crippen LogP contribution in [0.1, 0.15) is 49.4 Å². The van der Waals surface area contributed by atoms with Gasteiger partial charge in [-0.25, -0.2) is 14.3 Å². The number of rotatable bonds is 6. The van der Waals surface area contributed by atoms with Crippen molar-refractivity contribution in [3.63, 3.8) is 0 Å². The highest BCUT2D eigenvalue weighted by molar-refractivity contribution is 6.04. The summed E-state index contributed by atoms with van der Waals surface area (Å²) in [6.07, 6.45) is 2.42. The van der Waals surface area contributed by atoms with E-state index in [0.29, 0.717) is 22.4 Å². The molecule has 2 heterocycles. The number of aryl methyl sites for hydroxylation is 1. The highest BCUT2D eigenvalue weighted by atomic mass is 16.5. The number of Topliss-reactive ketones (excluding diaryl/α,β-unsaturated/α-hetero) is 1. The molecule has 1 N–H and O–H groups in total. The molecular formula is C21H21N3O5. The number of ether oxygens (including phenoxy) is 2. The van der Waals surface area contributed by atoms with E-state index in [1.807, 2.05) is 0 Å². The van der Waals surface area contributed by atoms with Gasteiger partial charge in [-0.3, -0.25) is 4.79 Å². The molecule has 29 heavy (non-hydrogen) atoms. The molecule has 0 saturated carbocycles. The van der Waals surface area contributed by atoms with Crippen LogP contribution in [0.25, 0.3) is 5.69 Å². The van der Waals surface area contributed by atoms with Crippen LogP contribution in [0.15, 0.2) is 42.7 Å². The minimum atomic E-state index is -1.03. The molecule has 0 spiro atoms. The average molecular weight is 395 g/mol. The summed E-state index contributed by atoms with van der Waals surface area (Å²) < 4.78 is 11.7. The molecule has 0 amide bonds. The Kier molecular flexibility index (Phi) is 5.63. The van der Waals surface area contributed by atoms with E-state index in [1.165, 1.54) is 14.0 Å². The van der Waals surface area contributed by atoms with E-state index in [1.54, 1.807) is 61.3 Å². The molecule has 1 unspecified atom stereocenters. The Bertz CT molecular complexity index is 1050. The monoisotopic (exact) mass is 395 g/mol. The second-order valence-electron chi connectivity index (χ2n) is 6.53. The number of benzene rings is 1. The van der Waals surface area contributed by atoms with Crippen molar-refractivity contribution in [3.05, 3.63) is 70.8 Å². The summed E-state index contributed by atoms with van der Waals surface area (Å²) in [5.74, 6) is -1.58. The van der Waals surface area contributed by atoms with Crippen LogP contribution in [-0.2, 0) is 9.47 Å². The second kappa shape index (κ2) is 8.14. The molecule has 0 aliphatic carbocycles. The molecule has 0 radical (unpaired) electrons.